The molecule has 0 amide bonds. The summed E-state index contributed by atoms with van der Waals surface area (Å²) in [6.45, 7) is 11.7. The van der Waals surface area contributed by atoms with Crippen LogP contribution in [-0.4, -0.2) is 18.5 Å². The molecule has 0 saturated heterocycles. The van der Waals surface area contributed by atoms with Crippen LogP contribution in [0.1, 0.15) is 41.0 Å². The van der Waals surface area contributed by atoms with Crippen molar-refractivity contribution in [2.45, 2.75) is 41.0 Å². The lowest BCUT2D eigenvalue weighted by atomic mass is 9.77. The number of carbonyl (C=O) groups is 1. The summed E-state index contributed by atoms with van der Waals surface area (Å²) >= 11 is 5.55. The molecule has 2 atom stereocenters. The maximum absolute atomic E-state index is 11.2. The minimum absolute atomic E-state index is 0.166. The van der Waals surface area contributed by atoms with Gasteiger partial charge in [0.1, 0.15) is 0 Å². The van der Waals surface area contributed by atoms with Crippen LogP contribution in [0.25, 0.3) is 0 Å². The average molecular weight is 235 g/mol. The molecule has 0 radical (unpaired) electrons. The second-order valence-electron chi connectivity index (χ2n) is 5.16. The van der Waals surface area contributed by atoms with Crippen molar-refractivity contribution >= 4 is 16.8 Å². The summed E-state index contributed by atoms with van der Waals surface area (Å²) in [5.41, 5.74) is 0.205. The molecule has 0 spiro atoms. The van der Waals surface area contributed by atoms with Crippen LogP contribution in [0.2, 0.25) is 0 Å². The Hall–Kier alpha value is -0.0800. The highest BCUT2D eigenvalue weighted by Gasteiger charge is 2.26. The molecule has 0 N–H and O–H groups in total. The Kier molecular flexibility index (Phi) is 6.46. The fraction of sp³-hybridized carbons (Fsp3) is 0.917. The first-order chi connectivity index (χ1) is 6.79. The lowest BCUT2D eigenvalue weighted by molar-refractivity contribution is -0.117. The Morgan fingerprint density at radius 2 is 1.93 bits per heavy atom. The van der Waals surface area contributed by atoms with Gasteiger partial charge in [-0.15, -0.1) is 0 Å². The average Bonchev–Trinajstić information content (AvgIpc) is 2.09. The monoisotopic (exact) mass is 234 g/mol. The Bertz CT molecular complexity index is 196. The molecule has 0 fully saturated rings. The molecule has 0 aliphatic rings. The van der Waals surface area contributed by atoms with Crippen molar-refractivity contribution in [1.29, 1.82) is 0 Å². The van der Waals surface area contributed by atoms with Gasteiger partial charge in [-0.2, -0.15) is 0 Å². The molecule has 15 heavy (non-hydrogen) atoms. The van der Waals surface area contributed by atoms with Crippen molar-refractivity contribution in [3.8, 4) is 0 Å². The maximum atomic E-state index is 11.2. The molecule has 3 heteroatoms. The highest BCUT2D eigenvalue weighted by atomic mass is 35.5. The number of hydrogen-bond acceptors (Lipinski definition) is 2. The standard InChI is InChI=1S/C12H23ClO2/c1-6-15-8-10(11(13)14)7-9(2)12(3,4)5/h9-10H,6-8H2,1-5H3. The molecule has 0 aliphatic heterocycles. The van der Waals surface area contributed by atoms with Crippen LogP contribution in [0.5, 0.6) is 0 Å². The van der Waals surface area contributed by atoms with Crippen LogP contribution in [0.4, 0.5) is 0 Å². The van der Waals surface area contributed by atoms with Gasteiger partial charge in [0, 0.05) is 6.61 Å². The Balaban J connectivity index is 4.22. The number of halogens is 1. The fourth-order valence-corrected chi connectivity index (χ4v) is 1.42. The predicted octanol–water partition coefficient (Wildman–Crippen LogP) is 3.48. The quantitative estimate of drug-likeness (QED) is 0.658. The van der Waals surface area contributed by atoms with Gasteiger partial charge >= 0.3 is 0 Å². The lowest BCUT2D eigenvalue weighted by Gasteiger charge is -2.29. The second kappa shape index (κ2) is 6.49. The summed E-state index contributed by atoms with van der Waals surface area (Å²) < 4.78 is 5.27. The minimum atomic E-state index is -0.278. The minimum Gasteiger partial charge on any atom is -0.381 e. The number of ether oxygens (including phenoxy) is 1. The zero-order valence-electron chi connectivity index (χ0n) is 10.5. The number of hydrogen-bond donors (Lipinski definition) is 0. The topological polar surface area (TPSA) is 26.3 Å². The van der Waals surface area contributed by atoms with Crippen LogP contribution in [0, 0.1) is 17.3 Å². The molecule has 0 rings (SSSR count). The molecule has 0 aliphatic carbocycles. The molecule has 0 aromatic carbocycles. The van der Waals surface area contributed by atoms with E-state index in [4.69, 9.17) is 16.3 Å². The van der Waals surface area contributed by atoms with Gasteiger partial charge in [-0.05, 0) is 36.3 Å². The van der Waals surface area contributed by atoms with Crippen LogP contribution >= 0.6 is 11.6 Å². The van der Waals surface area contributed by atoms with E-state index in [1.54, 1.807) is 0 Å². The first-order valence-corrected chi connectivity index (χ1v) is 5.93. The van der Waals surface area contributed by atoms with Crippen molar-refractivity contribution in [1.82, 2.24) is 0 Å². The van der Waals surface area contributed by atoms with E-state index in [0.717, 1.165) is 6.42 Å². The number of carbonyl (C=O) groups excluding carboxylic acids is 1. The smallest absolute Gasteiger partial charge is 0.227 e. The Morgan fingerprint density at radius 1 is 1.40 bits per heavy atom. The summed E-state index contributed by atoms with van der Waals surface area (Å²) in [4.78, 5) is 11.2. The predicted molar refractivity (Wildman–Crippen MR) is 64.1 cm³/mol. The van der Waals surface area contributed by atoms with E-state index in [2.05, 4.69) is 27.7 Å². The summed E-state index contributed by atoms with van der Waals surface area (Å²) in [5, 5.41) is -0.278. The summed E-state index contributed by atoms with van der Waals surface area (Å²) in [7, 11) is 0. The van der Waals surface area contributed by atoms with Crippen LogP contribution in [-0.2, 0) is 9.53 Å². The third-order valence-corrected chi connectivity index (χ3v) is 3.27. The SMILES string of the molecule is CCOCC(CC(C)C(C)(C)C)C(=O)Cl. The van der Waals surface area contributed by atoms with Crippen molar-refractivity contribution in [3.05, 3.63) is 0 Å². The zero-order valence-corrected chi connectivity index (χ0v) is 11.2. The highest BCUT2D eigenvalue weighted by Crippen LogP contribution is 2.31. The van der Waals surface area contributed by atoms with E-state index in [1.165, 1.54) is 0 Å². The van der Waals surface area contributed by atoms with E-state index in [-0.39, 0.29) is 16.6 Å². The number of rotatable bonds is 6. The fourth-order valence-electron chi connectivity index (χ4n) is 1.27. The summed E-state index contributed by atoms with van der Waals surface area (Å²) in [5.74, 6) is 0.284. The van der Waals surface area contributed by atoms with Gasteiger partial charge in [0.25, 0.3) is 0 Å². The molecular weight excluding hydrogens is 212 g/mol. The largest absolute Gasteiger partial charge is 0.381 e. The molecule has 0 heterocycles. The first-order valence-electron chi connectivity index (χ1n) is 5.56. The molecule has 2 unspecified atom stereocenters. The Morgan fingerprint density at radius 3 is 2.27 bits per heavy atom. The first kappa shape index (κ1) is 14.9. The van der Waals surface area contributed by atoms with E-state index in [1.807, 2.05) is 6.92 Å². The molecule has 0 saturated carbocycles. The van der Waals surface area contributed by atoms with Gasteiger partial charge in [-0.1, -0.05) is 27.7 Å². The van der Waals surface area contributed by atoms with E-state index >= 15 is 0 Å². The van der Waals surface area contributed by atoms with E-state index in [0.29, 0.717) is 19.1 Å². The van der Waals surface area contributed by atoms with Crippen LogP contribution in [0.15, 0.2) is 0 Å². The maximum Gasteiger partial charge on any atom is 0.227 e. The highest BCUT2D eigenvalue weighted by molar-refractivity contribution is 6.64. The van der Waals surface area contributed by atoms with Crippen molar-refractivity contribution in [2.24, 2.45) is 17.3 Å². The lowest BCUT2D eigenvalue weighted by Crippen LogP contribution is -2.25. The molecule has 0 aromatic heterocycles. The summed E-state index contributed by atoms with van der Waals surface area (Å²) in [6.07, 6.45) is 0.797. The van der Waals surface area contributed by atoms with Gasteiger partial charge in [0.2, 0.25) is 5.24 Å². The van der Waals surface area contributed by atoms with Crippen LogP contribution < -0.4 is 0 Å². The third kappa shape index (κ3) is 6.16. The van der Waals surface area contributed by atoms with Gasteiger partial charge < -0.3 is 4.74 Å². The van der Waals surface area contributed by atoms with Crippen molar-refractivity contribution in [3.63, 3.8) is 0 Å². The normalized spacial score (nSPS) is 16.1. The van der Waals surface area contributed by atoms with E-state index < -0.39 is 0 Å². The molecule has 2 nitrogen and oxygen atoms in total. The molecule has 0 aromatic rings. The second-order valence-corrected chi connectivity index (χ2v) is 5.54. The Labute approximate surface area is 98.3 Å². The molecule has 0 bridgehead atoms. The van der Waals surface area contributed by atoms with Crippen LogP contribution in [0.3, 0.4) is 0 Å². The zero-order chi connectivity index (χ0) is 12.1. The third-order valence-electron chi connectivity index (χ3n) is 2.96. The summed E-state index contributed by atoms with van der Waals surface area (Å²) in [6, 6.07) is 0. The van der Waals surface area contributed by atoms with E-state index in [9.17, 15) is 4.79 Å². The van der Waals surface area contributed by atoms with Crippen molar-refractivity contribution < 1.29 is 9.53 Å². The van der Waals surface area contributed by atoms with Crippen molar-refractivity contribution in [2.75, 3.05) is 13.2 Å². The van der Waals surface area contributed by atoms with Gasteiger partial charge in [-0.25, -0.2) is 0 Å². The van der Waals surface area contributed by atoms with Gasteiger partial charge in [-0.3, -0.25) is 4.79 Å². The molecule has 90 valence electrons. The van der Waals surface area contributed by atoms with Gasteiger partial charge in [0.05, 0.1) is 12.5 Å². The van der Waals surface area contributed by atoms with Gasteiger partial charge in [0.15, 0.2) is 0 Å². The molecular formula is C12H23ClO2.